The molecule has 156 valence electrons. The van der Waals surface area contributed by atoms with Crippen LogP contribution in [0.25, 0.3) is 10.9 Å². The van der Waals surface area contributed by atoms with Gasteiger partial charge in [0.05, 0.1) is 32.9 Å². The van der Waals surface area contributed by atoms with Crippen LogP contribution >= 0.6 is 0 Å². The largest absolute Gasteiger partial charge is 0.494 e. The van der Waals surface area contributed by atoms with Crippen molar-refractivity contribution in [3.05, 3.63) is 53.6 Å². The number of methoxy groups -OCH3 is 2. The number of carbonyl (C=O) groups excluding carboxylic acids is 1. The van der Waals surface area contributed by atoms with E-state index in [-0.39, 0.29) is 0 Å². The lowest BCUT2D eigenvalue weighted by Gasteiger charge is -2.27. The third-order valence-electron chi connectivity index (χ3n) is 5.06. The van der Waals surface area contributed by atoms with Crippen molar-refractivity contribution in [1.82, 2.24) is 9.88 Å². The summed E-state index contributed by atoms with van der Waals surface area (Å²) in [4.78, 5) is 18.7. The molecule has 7 nitrogen and oxygen atoms in total. The van der Waals surface area contributed by atoms with Crippen LogP contribution in [-0.2, 0) is 13.0 Å². The Kier molecular flexibility index (Phi) is 5.61. The Labute approximate surface area is 175 Å². The summed E-state index contributed by atoms with van der Waals surface area (Å²) >= 11 is 0. The Bertz CT molecular complexity index is 1080. The van der Waals surface area contributed by atoms with Gasteiger partial charge in [-0.1, -0.05) is 6.07 Å². The zero-order valence-electron chi connectivity index (χ0n) is 17.3. The van der Waals surface area contributed by atoms with Gasteiger partial charge < -0.3 is 23.8 Å². The number of hydrogen-bond acceptors (Lipinski definition) is 6. The number of ether oxygens (including phenoxy) is 4. The van der Waals surface area contributed by atoms with E-state index in [1.165, 1.54) is 0 Å². The number of rotatable bonds is 7. The lowest BCUT2D eigenvalue weighted by Crippen LogP contribution is -2.38. The van der Waals surface area contributed by atoms with Crippen molar-refractivity contribution in [3.8, 4) is 23.1 Å². The number of amides is 1. The van der Waals surface area contributed by atoms with Gasteiger partial charge in [-0.3, -0.25) is 0 Å². The van der Waals surface area contributed by atoms with Crippen molar-refractivity contribution < 1.29 is 23.7 Å². The molecule has 2 aromatic carbocycles. The highest BCUT2D eigenvalue weighted by molar-refractivity contribution is 5.83. The Morgan fingerprint density at radius 1 is 1.07 bits per heavy atom. The SMILES string of the molecule is CCOc1ccc2cc3c(nc2c1)OC(=O)N(CCc1ccc(OC)c(OC)c1)C3. The van der Waals surface area contributed by atoms with Gasteiger partial charge in [-0.05, 0) is 49.2 Å². The van der Waals surface area contributed by atoms with Gasteiger partial charge in [0.2, 0.25) is 5.88 Å². The molecule has 2 heterocycles. The number of carbonyl (C=O) groups is 1. The predicted molar refractivity (Wildman–Crippen MR) is 113 cm³/mol. The van der Waals surface area contributed by atoms with E-state index < -0.39 is 6.09 Å². The van der Waals surface area contributed by atoms with Crippen molar-refractivity contribution in [3.63, 3.8) is 0 Å². The number of fused-ring (bicyclic) bond motifs is 2. The van der Waals surface area contributed by atoms with E-state index in [1.807, 2.05) is 49.4 Å². The van der Waals surface area contributed by atoms with E-state index >= 15 is 0 Å². The molecule has 1 aromatic heterocycles. The first-order valence-corrected chi connectivity index (χ1v) is 9.85. The van der Waals surface area contributed by atoms with Crippen LogP contribution in [0, 0.1) is 0 Å². The van der Waals surface area contributed by atoms with Gasteiger partial charge in [-0.15, -0.1) is 0 Å². The van der Waals surface area contributed by atoms with Crippen molar-refractivity contribution in [1.29, 1.82) is 0 Å². The molecule has 30 heavy (non-hydrogen) atoms. The molecule has 1 aliphatic heterocycles. The molecule has 0 fully saturated rings. The molecule has 0 saturated heterocycles. The van der Waals surface area contributed by atoms with Gasteiger partial charge in [-0.25, -0.2) is 9.78 Å². The first-order chi connectivity index (χ1) is 14.6. The van der Waals surface area contributed by atoms with Crippen LogP contribution in [0.3, 0.4) is 0 Å². The normalized spacial score (nSPS) is 13.0. The summed E-state index contributed by atoms with van der Waals surface area (Å²) in [5.74, 6) is 2.46. The van der Waals surface area contributed by atoms with Gasteiger partial charge in [0.15, 0.2) is 11.5 Å². The molecular formula is C23H24N2O5. The minimum Gasteiger partial charge on any atom is -0.494 e. The summed E-state index contributed by atoms with van der Waals surface area (Å²) in [6, 6.07) is 13.5. The Balaban J connectivity index is 1.50. The van der Waals surface area contributed by atoms with Crippen LogP contribution in [0.5, 0.6) is 23.1 Å². The van der Waals surface area contributed by atoms with Gasteiger partial charge in [0.25, 0.3) is 0 Å². The highest BCUT2D eigenvalue weighted by atomic mass is 16.6. The van der Waals surface area contributed by atoms with Crippen molar-refractivity contribution in [2.24, 2.45) is 0 Å². The first kappa shape index (κ1) is 19.8. The molecule has 3 aromatic rings. The Hall–Kier alpha value is -3.48. The molecule has 0 bridgehead atoms. The quantitative estimate of drug-likeness (QED) is 0.583. The first-order valence-electron chi connectivity index (χ1n) is 9.85. The fourth-order valence-electron chi connectivity index (χ4n) is 3.52. The molecule has 0 spiro atoms. The van der Waals surface area contributed by atoms with E-state index in [2.05, 4.69) is 4.98 Å². The smallest absolute Gasteiger partial charge is 0.416 e. The monoisotopic (exact) mass is 408 g/mol. The predicted octanol–water partition coefficient (Wildman–Crippen LogP) is 4.21. The van der Waals surface area contributed by atoms with E-state index in [0.717, 1.165) is 27.8 Å². The molecule has 1 amide bonds. The number of hydrogen-bond donors (Lipinski definition) is 0. The number of nitrogens with zero attached hydrogens (tertiary/aromatic N) is 2. The highest BCUT2D eigenvalue weighted by Crippen LogP contribution is 2.31. The van der Waals surface area contributed by atoms with Gasteiger partial charge in [0, 0.05) is 23.6 Å². The van der Waals surface area contributed by atoms with E-state index in [1.54, 1.807) is 19.1 Å². The van der Waals surface area contributed by atoms with Crippen molar-refractivity contribution in [2.45, 2.75) is 19.9 Å². The van der Waals surface area contributed by atoms with Crippen LogP contribution < -0.4 is 18.9 Å². The maximum atomic E-state index is 12.5. The van der Waals surface area contributed by atoms with E-state index in [4.69, 9.17) is 18.9 Å². The number of pyridine rings is 1. The van der Waals surface area contributed by atoms with Gasteiger partial charge in [0.1, 0.15) is 5.75 Å². The van der Waals surface area contributed by atoms with Crippen LogP contribution in [-0.4, -0.2) is 43.3 Å². The molecule has 7 heteroatoms. The van der Waals surface area contributed by atoms with Crippen LogP contribution in [0.4, 0.5) is 4.79 Å². The minimum atomic E-state index is -0.393. The third kappa shape index (κ3) is 3.96. The second kappa shape index (κ2) is 8.49. The maximum Gasteiger partial charge on any atom is 0.416 e. The molecule has 0 saturated carbocycles. The molecule has 0 atom stereocenters. The third-order valence-corrected chi connectivity index (χ3v) is 5.06. The Morgan fingerprint density at radius 3 is 2.67 bits per heavy atom. The fraction of sp³-hybridized carbons (Fsp3) is 0.304. The van der Waals surface area contributed by atoms with Crippen molar-refractivity contribution >= 4 is 17.0 Å². The molecule has 0 radical (unpaired) electrons. The number of benzene rings is 2. The second-order valence-corrected chi connectivity index (χ2v) is 6.97. The van der Waals surface area contributed by atoms with Crippen LogP contribution in [0.15, 0.2) is 42.5 Å². The fourth-order valence-corrected chi connectivity index (χ4v) is 3.52. The van der Waals surface area contributed by atoms with Gasteiger partial charge in [-0.2, -0.15) is 0 Å². The Morgan fingerprint density at radius 2 is 1.90 bits per heavy atom. The minimum absolute atomic E-state index is 0.364. The maximum absolute atomic E-state index is 12.5. The summed E-state index contributed by atoms with van der Waals surface area (Å²) in [5.41, 5.74) is 2.68. The molecule has 0 N–H and O–H groups in total. The summed E-state index contributed by atoms with van der Waals surface area (Å²) in [6.07, 6.45) is 0.277. The van der Waals surface area contributed by atoms with E-state index in [9.17, 15) is 4.79 Å². The summed E-state index contributed by atoms with van der Waals surface area (Å²) < 4.78 is 21.7. The zero-order chi connectivity index (χ0) is 21.1. The average molecular weight is 408 g/mol. The second-order valence-electron chi connectivity index (χ2n) is 6.97. The van der Waals surface area contributed by atoms with Crippen LogP contribution in [0.1, 0.15) is 18.1 Å². The topological polar surface area (TPSA) is 70.1 Å². The lowest BCUT2D eigenvalue weighted by atomic mass is 10.1. The van der Waals surface area contributed by atoms with Gasteiger partial charge >= 0.3 is 6.09 Å². The van der Waals surface area contributed by atoms with Crippen molar-refractivity contribution in [2.75, 3.05) is 27.4 Å². The highest BCUT2D eigenvalue weighted by Gasteiger charge is 2.26. The number of aromatic nitrogens is 1. The summed E-state index contributed by atoms with van der Waals surface area (Å²) in [5, 5.41) is 0.981. The molecule has 1 aliphatic rings. The molecule has 0 aliphatic carbocycles. The molecule has 4 rings (SSSR count). The molecule has 0 unspecified atom stereocenters. The zero-order valence-corrected chi connectivity index (χ0v) is 17.3. The van der Waals surface area contributed by atoms with Crippen LogP contribution in [0.2, 0.25) is 0 Å². The van der Waals surface area contributed by atoms with E-state index in [0.29, 0.717) is 43.5 Å². The molecular weight excluding hydrogens is 384 g/mol. The average Bonchev–Trinajstić information content (AvgIpc) is 2.76. The summed E-state index contributed by atoms with van der Waals surface area (Å²) in [7, 11) is 3.21. The standard InChI is InChI=1S/C23H24N2O5/c1-4-29-18-7-6-16-12-17-14-25(23(26)30-22(17)24-19(16)13-18)10-9-15-5-8-20(27-2)21(11-15)28-3/h5-8,11-13H,4,9-10,14H2,1-3H3. The summed E-state index contributed by atoms with van der Waals surface area (Å²) in [6.45, 7) is 3.50. The lowest BCUT2D eigenvalue weighted by molar-refractivity contribution is 0.137.